The van der Waals surface area contributed by atoms with Crippen LogP contribution in [0.25, 0.3) is 0 Å². The minimum Gasteiger partial charge on any atom is -0.491 e. The van der Waals surface area contributed by atoms with Crippen LogP contribution >= 0.6 is 27.5 Å². The van der Waals surface area contributed by atoms with Crippen LogP contribution in [0.4, 0.5) is 0 Å². The van der Waals surface area contributed by atoms with Crippen LogP contribution in [0.3, 0.4) is 0 Å². The molecule has 0 atom stereocenters. The summed E-state index contributed by atoms with van der Waals surface area (Å²) in [6.07, 6.45) is 0. The molecule has 1 aromatic carbocycles. The highest BCUT2D eigenvalue weighted by Crippen LogP contribution is 2.27. The number of benzene rings is 1. The van der Waals surface area contributed by atoms with Gasteiger partial charge in [-0.05, 0) is 54.9 Å². The van der Waals surface area contributed by atoms with E-state index in [4.69, 9.17) is 16.3 Å². The van der Waals surface area contributed by atoms with E-state index in [0.717, 1.165) is 16.8 Å². The summed E-state index contributed by atoms with van der Waals surface area (Å²) in [5, 5.41) is 4.06. The molecule has 0 aliphatic heterocycles. The normalized spacial score (nSPS) is 11.6. The second kappa shape index (κ2) is 5.89. The highest BCUT2D eigenvalue weighted by Gasteiger charge is 2.08. The molecular weight excluding hydrogens is 289 g/mol. The summed E-state index contributed by atoms with van der Waals surface area (Å²) in [6.45, 7) is 7.84. The summed E-state index contributed by atoms with van der Waals surface area (Å²) < 4.78 is 6.50. The third kappa shape index (κ3) is 5.19. The molecule has 0 heterocycles. The van der Waals surface area contributed by atoms with E-state index in [9.17, 15) is 0 Å². The topological polar surface area (TPSA) is 21.3 Å². The van der Waals surface area contributed by atoms with Crippen LogP contribution in [0.1, 0.15) is 20.8 Å². The highest BCUT2D eigenvalue weighted by atomic mass is 79.9. The van der Waals surface area contributed by atoms with Gasteiger partial charge in [-0.15, -0.1) is 0 Å². The lowest BCUT2D eigenvalue weighted by Gasteiger charge is -2.20. The molecule has 0 bridgehead atoms. The van der Waals surface area contributed by atoms with Crippen molar-refractivity contribution in [1.82, 2.24) is 5.32 Å². The van der Waals surface area contributed by atoms with Crippen molar-refractivity contribution >= 4 is 27.5 Å². The molecule has 0 saturated carbocycles. The fourth-order valence-corrected chi connectivity index (χ4v) is 1.98. The van der Waals surface area contributed by atoms with Gasteiger partial charge in [0.05, 0.1) is 4.47 Å². The quantitative estimate of drug-likeness (QED) is 0.853. The van der Waals surface area contributed by atoms with Crippen molar-refractivity contribution in [1.29, 1.82) is 0 Å². The number of halogens is 2. The van der Waals surface area contributed by atoms with Gasteiger partial charge in [-0.3, -0.25) is 0 Å². The predicted octanol–water partition coefficient (Wildman–Crippen LogP) is 3.87. The van der Waals surface area contributed by atoms with E-state index in [1.54, 1.807) is 0 Å². The van der Waals surface area contributed by atoms with Crippen LogP contribution in [0.2, 0.25) is 5.02 Å². The number of nitrogens with one attached hydrogen (secondary N) is 1. The van der Waals surface area contributed by atoms with Crippen molar-refractivity contribution in [2.45, 2.75) is 26.3 Å². The Morgan fingerprint density at radius 1 is 1.38 bits per heavy atom. The van der Waals surface area contributed by atoms with Gasteiger partial charge in [0, 0.05) is 17.1 Å². The second-order valence-corrected chi connectivity index (χ2v) is 5.89. The van der Waals surface area contributed by atoms with E-state index >= 15 is 0 Å². The molecule has 1 N–H and O–H groups in total. The lowest BCUT2D eigenvalue weighted by molar-refractivity contribution is 0.289. The maximum absolute atomic E-state index is 5.84. The van der Waals surface area contributed by atoms with Crippen LogP contribution in [0.5, 0.6) is 5.75 Å². The molecule has 2 nitrogen and oxygen atoms in total. The maximum atomic E-state index is 5.84. The third-order valence-electron chi connectivity index (χ3n) is 1.91. The van der Waals surface area contributed by atoms with Gasteiger partial charge in [0.25, 0.3) is 0 Å². The van der Waals surface area contributed by atoms with Crippen molar-refractivity contribution in [3.63, 3.8) is 0 Å². The van der Waals surface area contributed by atoms with Crippen molar-refractivity contribution in [3.05, 3.63) is 27.7 Å². The smallest absolute Gasteiger partial charge is 0.133 e. The first-order valence-corrected chi connectivity index (χ1v) is 6.38. The second-order valence-electron chi connectivity index (χ2n) is 4.60. The molecule has 0 aromatic heterocycles. The summed E-state index contributed by atoms with van der Waals surface area (Å²) >= 11 is 9.25. The zero-order valence-corrected chi connectivity index (χ0v) is 12.2. The predicted molar refractivity (Wildman–Crippen MR) is 72.4 cm³/mol. The minimum atomic E-state index is 0.126. The Balaban J connectivity index is 2.38. The number of hydrogen-bond acceptors (Lipinski definition) is 2. The average Bonchev–Trinajstić information content (AvgIpc) is 2.13. The number of ether oxygens (including phenoxy) is 1. The molecule has 0 unspecified atom stereocenters. The maximum Gasteiger partial charge on any atom is 0.133 e. The van der Waals surface area contributed by atoms with E-state index in [1.807, 2.05) is 18.2 Å². The van der Waals surface area contributed by atoms with E-state index < -0.39 is 0 Å². The molecule has 0 aliphatic rings. The van der Waals surface area contributed by atoms with Crippen LogP contribution < -0.4 is 10.1 Å². The Morgan fingerprint density at radius 2 is 2.06 bits per heavy atom. The summed E-state index contributed by atoms with van der Waals surface area (Å²) in [5.74, 6) is 0.820. The first-order chi connectivity index (χ1) is 7.38. The van der Waals surface area contributed by atoms with Crippen LogP contribution in [0.15, 0.2) is 22.7 Å². The van der Waals surface area contributed by atoms with E-state index in [2.05, 4.69) is 42.0 Å². The fourth-order valence-electron chi connectivity index (χ4n) is 1.18. The van der Waals surface area contributed by atoms with Gasteiger partial charge in [-0.1, -0.05) is 11.6 Å². The highest BCUT2D eigenvalue weighted by molar-refractivity contribution is 9.10. The number of hydrogen-bond donors (Lipinski definition) is 1. The Morgan fingerprint density at radius 3 is 2.62 bits per heavy atom. The fraction of sp³-hybridized carbons (Fsp3) is 0.500. The lowest BCUT2D eigenvalue weighted by Crippen LogP contribution is -2.38. The zero-order chi connectivity index (χ0) is 12.2. The van der Waals surface area contributed by atoms with Gasteiger partial charge in [-0.25, -0.2) is 0 Å². The molecule has 0 spiro atoms. The van der Waals surface area contributed by atoms with Gasteiger partial charge in [0.15, 0.2) is 0 Å². The van der Waals surface area contributed by atoms with E-state index in [1.165, 1.54) is 0 Å². The standard InChI is InChI=1S/C12H17BrClNO/c1-12(2,3)15-6-7-16-11-5-4-9(14)8-10(11)13/h4-5,8,15H,6-7H2,1-3H3. The average molecular weight is 307 g/mol. The molecule has 90 valence electrons. The molecule has 0 fully saturated rings. The van der Waals surface area contributed by atoms with Crippen molar-refractivity contribution in [2.75, 3.05) is 13.2 Å². The number of rotatable bonds is 4. The van der Waals surface area contributed by atoms with E-state index in [0.29, 0.717) is 11.6 Å². The van der Waals surface area contributed by atoms with E-state index in [-0.39, 0.29) is 5.54 Å². The molecular formula is C12H17BrClNO. The minimum absolute atomic E-state index is 0.126. The Kier molecular flexibility index (Phi) is 5.09. The van der Waals surface area contributed by atoms with Gasteiger partial charge in [-0.2, -0.15) is 0 Å². The first-order valence-electron chi connectivity index (χ1n) is 5.21. The Bertz CT molecular complexity index is 349. The van der Waals surface area contributed by atoms with Gasteiger partial charge >= 0.3 is 0 Å². The van der Waals surface area contributed by atoms with Gasteiger partial charge in [0.1, 0.15) is 12.4 Å². The summed E-state index contributed by atoms with van der Waals surface area (Å²) in [7, 11) is 0. The zero-order valence-electron chi connectivity index (χ0n) is 9.81. The largest absolute Gasteiger partial charge is 0.491 e. The van der Waals surface area contributed by atoms with Gasteiger partial charge in [0.2, 0.25) is 0 Å². The monoisotopic (exact) mass is 305 g/mol. The molecule has 1 aromatic rings. The van der Waals surface area contributed by atoms with Crippen molar-refractivity contribution in [2.24, 2.45) is 0 Å². The molecule has 1 rings (SSSR count). The third-order valence-corrected chi connectivity index (χ3v) is 2.76. The van der Waals surface area contributed by atoms with Crippen LogP contribution in [0, 0.1) is 0 Å². The summed E-state index contributed by atoms with van der Waals surface area (Å²) in [4.78, 5) is 0. The van der Waals surface area contributed by atoms with Crippen LogP contribution in [-0.4, -0.2) is 18.7 Å². The van der Waals surface area contributed by atoms with Crippen molar-refractivity contribution in [3.8, 4) is 5.75 Å². The van der Waals surface area contributed by atoms with Gasteiger partial charge < -0.3 is 10.1 Å². The molecule has 16 heavy (non-hydrogen) atoms. The molecule has 0 aliphatic carbocycles. The molecule has 0 amide bonds. The Hall–Kier alpha value is -0.250. The molecule has 4 heteroatoms. The lowest BCUT2D eigenvalue weighted by atomic mass is 10.1. The SMILES string of the molecule is CC(C)(C)NCCOc1ccc(Cl)cc1Br. The Labute approximate surface area is 110 Å². The molecule has 0 radical (unpaired) electrons. The summed E-state index contributed by atoms with van der Waals surface area (Å²) in [5.41, 5.74) is 0.126. The van der Waals surface area contributed by atoms with Crippen LogP contribution in [-0.2, 0) is 0 Å². The summed E-state index contributed by atoms with van der Waals surface area (Å²) in [6, 6.07) is 5.51. The molecule has 0 saturated heterocycles. The first kappa shape index (κ1) is 13.8. The van der Waals surface area contributed by atoms with Crippen molar-refractivity contribution < 1.29 is 4.74 Å².